The molecule has 7 heteroatoms. The summed E-state index contributed by atoms with van der Waals surface area (Å²) in [6.45, 7) is 7.05. The van der Waals surface area contributed by atoms with E-state index >= 15 is 0 Å². The molecule has 0 saturated carbocycles. The summed E-state index contributed by atoms with van der Waals surface area (Å²) in [6, 6.07) is 12.5. The van der Waals surface area contributed by atoms with Crippen LogP contribution >= 0.6 is 0 Å². The van der Waals surface area contributed by atoms with Crippen LogP contribution in [-0.2, 0) is 20.9 Å². The van der Waals surface area contributed by atoms with E-state index in [0.29, 0.717) is 29.0 Å². The molecule has 0 atom stereocenters. The van der Waals surface area contributed by atoms with E-state index in [1.54, 1.807) is 6.07 Å². The molecule has 2 aromatic rings. The number of anilines is 1. The SMILES string of the molecule is CC1(C)O/C(=C2/C(=O)Nc3cc(F)ccc32)C=C1c1ccc(CNCCN2CCCC2=O)cc1. The second kappa shape index (κ2) is 8.72. The van der Waals surface area contributed by atoms with Crippen molar-refractivity contribution in [2.24, 2.45) is 0 Å². The van der Waals surface area contributed by atoms with Crippen LogP contribution in [0, 0.1) is 5.82 Å². The lowest BCUT2D eigenvalue weighted by Crippen LogP contribution is -2.32. The summed E-state index contributed by atoms with van der Waals surface area (Å²) < 4.78 is 19.8. The van der Waals surface area contributed by atoms with Crippen molar-refractivity contribution in [3.05, 3.63) is 76.8 Å². The molecule has 0 spiro atoms. The lowest BCUT2D eigenvalue weighted by Gasteiger charge is -2.23. The van der Waals surface area contributed by atoms with Crippen LogP contribution in [0.5, 0.6) is 0 Å². The van der Waals surface area contributed by atoms with Gasteiger partial charge in [0.2, 0.25) is 5.91 Å². The Kier molecular flexibility index (Phi) is 5.73. The van der Waals surface area contributed by atoms with Gasteiger partial charge in [-0.25, -0.2) is 4.39 Å². The van der Waals surface area contributed by atoms with Gasteiger partial charge in [-0.3, -0.25) is 9.59 Å². The number of rotatable bonds is 6. The normalized spacial score (nSPS) is 20.9. The van der Waals surface area contributed by atoms with Gasteiger partial charge in [-0.2, -0.15) is 0 Å². The molecule has 5 rings (SSSR count). The predicted molar refractivity (Wildman–Crippen MR) is 129 cm³/mol. The summed E-state index contributed by atoms with van der Waals surface area (Å²) >= 11 is 0. The third kappa shape index (κ3) is 4.23. The standard InChI is InChI=1S/C27H28FN3O3/c1-27(2)21(15-23(34-27)25-20-10-9-19(28)14-22(20)30-26(25)33)18-7-5-17(6-8-18)16-29-11-13-31-12-3-4-24(31)32/h5-10,14-15,29H,3-4,11-13,16H2,1-2H3,(H,30,33)/b25-23+. The molecule has 1 fully saturated rings. The average Bonchev–Trinajstić information content (AvgIpc) is 3.45. The number of amides is 2. The molecule has 2 aromatic carbocycles. The van der Waals surface area contributed by atoms with Crippen LogP contribution in [0.4, 0.5) is 10.1 Å². The maximum atomic E-state index is 13.6. The molecule has 1 saturated heterocycles. The van der Waals surface area contributed by atoms with Gasteiger partial charge in [-0.05, 0) is 55.7 Å². The molecule has 3 heterocycles. The zero-order valence-electron chi connectivity index (χ0n) is 19.4. The molecule has 2 N–H and O–H groups in total. The van der Waals surface area contributed by atoms with Crippen molar-refractivity contribution in [2.75, 3.05) is 25.0 Å². The fraction of sp³-hybridized carbons (Fsp3) is 0.333. The molecular formula is C27H28FN3O3. The Bertz CT molecular complexity index is 1210. The number of carbonyl (C=O) groups is 2. The number of hydrogen-bond donors (Lipinski definition) is 2. The van der Waals surface area contributed by atoms with Crippen molar-refractivity contribution in [2.45, 2.75) is 38.8 Å². The number of benzene rings is 2. The van der Waals surface area contributed by atoms with Crippen LogP contribution in [0.3, 0.4) is 0 Å². The molecule has 3 aliphatic heterocycles. The number of likely N-dealkylation sites (tertiary alicyclic amines) is 1. The highest BCUT2D eigenvalue weighted by Crippen LogP contribution is 2.44. The minimum absolute atomic E-state index is 0.251. The van der Waals surface area contributed by atoms with Crippen molar-refractivity contribution in [3.63, 3.8) is 0 Å². The number of halogens is 1. The fourth-order valence-electron chi connectivity index (χ4n) is 4.80. The van der Waals surface area contributed by atoms with Gasteiger partial charge in [0.25, 0.3) is 5.91 Å². The van der Waals surface area contributed by atoms with E-state index < -0.39 is 11.4 Å². The predicted octanol–water partition coefficient (Wildman–Crippen LogP) is 4.09. The first-order valence-corrected chi connectivity index (χ1v) is 11.7. The van der Waals surface area contributed by atoms with Gasteiger partial charge in [0.15, 0.2) is 0 Å². The number of fused-ring (bicyclic) bond motifs is 1. The smallest absolute Gasteiger partial charge is 0.260 e. The highest BCUT2D eigenvalue weighted by molar-refractivity contribution is 6.32. The second-order valence-electron chi connectivity index (χ2n) is 9.41. The van der Waals surface area contributed by atoms with Gasteiger partial charge in [0.1, 0.15) is 17.2 Å². The molecule has 3 aliphatic rings. The van der Waals surface area contributed by atoms with E-state index in [2.05, 4.69) is 34.9 Å². The molecule has 0 radical (unpaired) electrons. The van der Waals surface area contributed by atoms with E-state index in [1.165, 1.54) is 12.1 Å². The highest BCUT2D eigenvalue weighted by atomic mass is 19.1. The number of nitrogens with one attached hydrogen (secondary N) is 2. The first-order valence-electron chi connectivity index (χ1n) is 11.7. The summed E-state index contributed by atoms with van der Waals surface area (Å²) in [4.78, 5) is 26.2. The van der Waals surface area contributed by atoms with E-state index in [-0.39, 0.29) is 11.8 Å². The van der Waals surface area contributed by atoms with Crippen LogP contribution < -0.4 is 10.6 Å². The summed E-state index contributed by atoms with van der Waals surface area (Å²) in [5.41, 5.74) is 4.06. The molecule has 0 aromatic heterocycles. The first kappa shape index (κ1) is 22.3. The van der Waals surface area contributed by atoms with Crippen LogP contribution in [0.2, 0.25) is 0 Å². The number of hydrogen-bond acceptors (Lipinski definition) is 4. The van der Waals surface area contributed by atoms with Crippen molar-refractivity contribution in [1.29, 1.82) is 0 Å². The fourth-order valence-corrected chi connectivity index (χ4v) is 4.80. The maximum absolute atomic E-state index is 13.6. The monoisotopic (exact) mass is 461 g/mol. The summed E-state index contributed by atoms with van der Waals surface area (Å²) in [5.74, 6) is 0.0558. The Labute approximate surface area is 198 Å². The third-order valence-corrected chi connectivity index (χ3v) is 6.59. The van der Waals surface area contributed by atoms with Gasteiger partial charge in [-0.15, -0.1) is 0 Å². The Hall–Kier alpha value is -3.45. The minimum atomic E-state index is -0.618. The minimum Gasteiger partial charge on any atom is -0.482 e. The van der Waals surface area contributed by atoms with Gasteiger partial charge in [-0.1, -0.05) is 24.3 Å². The largest absolute Gasteiger partial charge is 0.482 e. The van der Waals surface area contributed by atoms with Crippen molar-refractivity contribution in [1.82, 2.24) is 10.2 Å². The molecule has 2 amide bonds. The average molecular weight is 462 g/mol. The Morgan fingerprint density at radius 3 is 2.68 bits per heavy atom. The number of ether oxygens (including phenoxy) is 1. The molecule has 6 nitrogen and oxygen atoms in total. The van der Waals surface area contributed by atoms with Crippen LogP contribution in [-0.4, -0.2) is 41.9 Å². The number of carbonyl (C=O) groups excluding carboxylic acids is 2. The topological polar surface area (TPSA) is 70.7 Å². The van der Waals surface area contributed by atoms with E-state index in [0.717, 1.165) is 49.3 Å². The Balaban J connectivity index is 1.30. The van der Waals surface area contributed by atoms with Crippen molar-refractivity contribution >= 4 is 28.6 Å². The number of nitrogens with zero attached hydrogens (tertiary/aromatic N) is 1. The van der Waals surface area contributed by atoms with E-state index in [4.69, 9.17) is 4.74 Å². The maximum Gasteiger partial charge on any atom is 0.260 e. The summed E-state index contributed by atoms with van der Waals surface area (Å²) in [6.07, 6.45) is 3.55. The van der Waals surface area contributed by atoms with Gasteiger partial charge in [0, 0.05) is 43.7 Å². The van der Waals surface area contributed by atoms with Crippen LogP contribution in [0.1, 0.15) is 43.4 Å². The van der Waals surface area contributed by atoms with Crippen molar-refractivity contribution in [3.8, 4) is 0 Å². The zero-order chi connectivity index (χ0) is 23.9. The molecule has 0 aliphatic carbocycles. The first-order chi connectivity index (χ1) is 16.3. The van der Waals surface area contributed by atoms with E-state index in [9.17, 15) is 14.0 Å². The van der Waals surface area contributed by atoms with Crippen molar-refractivity contribution < 1.29 is 18.7 Å². The van der Waals surface area contributed by atoms with E-state index in [1.807, 2.05) is 24.8 Å². The van der Waals surface area contributed by atoms with Gasteiger partial charge < -0.3 is 20.3 Å². The lowest BCUT2D eigenvalue weighted by molar-refractivity contribution is -0.127. The lowest BCUT2D eigenvalue weighted by atomic mass is 9.91. The molecule has 34 heavy (non-hydrogen) atoms. The quantitative estimate of drug-likeness (QED) is 0.502. The molecular weight excluding hydrogens is 433 g/mol. The molecule has 0 bridgehead atoms. The van der Waals surface area contributed by atoms with Gasteiger partial charge in [0.05, 0.1) is 11.3 Å². The van der Waals surface area contributed by atoms with Crippen LogP contribution in [0.25, 0.3) is 11.1 Å². The highest BCUT2D eigenvalue weighted by Gasteiger charge is 2.38. The Morgan fingerprint density at radius 1 is 1.15 bits per heavy atom. The Morgan fingerprint density at radius 2 is 1.94 bits per heavy atom. The zero-order valence-corrected chi connectivity index (χ0v) is 19.4. The second-order valence-corrected chi connectivity index (χ2v) is 9.41. The third-order valence-electron chi connectivity index (χ3n) is 6.59. The van der Waals surface area contributed by atoms with Crippen LogP contribution in [0.15, 0.2) is 54.3 Å². The summed E-state index contributed by atoms with van der Waals surface area (Å²) in [7, 11) is 0. The van der Waals surface area contributed by atoms with Gasteiger partial charge >= 0.3 is 0 Å². The molecule has 176 valence electrons. The number of allylic oxidation sites excluding steroid dienone is 1. The summed E-state index contributed by atoms with van der Waals surface area (Å²) in [5, 5.41) is 6.13. The molecule has 0 unspecified atom stereocenters.